The van der Waals surface area contributed by atoms with Crippen LogP contribution in [0.1, 0.15) is 20.8 Å². The highest BCUT2D eigenvalue weighted by Gasteiger charge is 2.43. The molecule has 0 aromatic heterocycles. The number of rotatable bonds is 0. The smallest absolute Gasteiger partial charge is 0.0764 e. The number of nitrogens with zero attached hydrogens (tertiary/aromatic N) is 1. The van der Waals surface area contributed by atoms with Gasteiger partial charge in [0.1, 0.15) is 0 Å². The van der Waals surface area contributed by atoms with Crippen LogP contribution in [0.25, 0.3) is 0 Å². The molecule has 2 rings (SSSR count). The third-order valence-corrected chi connectivity index (χ3v) is 2.85. The van der Waals surface area contributed by atoms with Crippen LogP contribution in [-0.4, -0.2) is 36.2 Å². The predicted octanol–water partition coefficient (Wildman–Crippen LogP) is 1.12. The lowest BCUT2D eigenvalue weighted by Gasteiger charge is -2.31. The highest BCUT2D eigenvalue weighted by Crippen LogP contribution is 2.32. The van der Waals surface area contributed by atoms with Gasteiger partial charge in [0.25, 0.3) is 0 Å². The van der Waals surface area contributed by atoms with Gasteiger partial charge in [-0.15, -0.1) is 0 Å². The van der Waals surface area contributed by atoms with E-state index in [9.17, 15) is 0 Å². The highest BCUT2D eigenvalue weighted by atomic mass is 16.5. The first-order valence-electron chi connectivity index (χ1n) is 4.44. The first kappa shape index (κ1) is 7.56. The minimum atomic E-state index is 0.334. The van der Waals surface area contributed by atoms with E-state index in [1.54, 1.807) is 0 Å². The van der Waals surface area contributed by atoms with Crippen LogP contribution >= 0.6 is 0 Å². The highest BCUT2D eigenvalue weighted by molar-refractivity contribution is 4.95. The molecule has 0 radical (unpaired) electrons. The van der Waals surface area contributed by atoms with Gasteiger partial charge in [-0.2, -0.15) is 0 Å². The molecule has 0 aliphatic carbocycles. The van der Waals surface area contributed by atoms with Crippen molar-refractivity contribution in [2.45, 2.75) is 32.4 Å². The summed E-state index contributed by atoms with van der Waals surface area (Å²) in [6.07, 6.45) is 0.564. The molecule has 0 spiro atoms. The zero-order valence-electron chi connectivity index (χ0n) is 7.63. The molecular formula is C9H17NO. The van der Waals surface area contributed by atoms with Crippen LogP contribution in [0.15, 0.2) is 0 Å². The molecule has 2 heteroatoms. The maximum Gasteiger partial charge on any atom is 0.0764 e. The normalized spacial score (nSPS) is 38.5. The quantitative estimate of drug-likeness (QED) is 0.519. The van der Waals surface area contributed by atoms with Crippen LogP contribution in [0.3, 0.4) is 0 Å². The average Bonchev–Trinajstić information content (AvgIpc) is 2.06. The van der Waals surface area contributed by atoms with Crippen molar-refractivity contribution < 1.29 is 4.74 Å². The van der Waals surface area contributed by atoms with Crippen LogP contribution in [0, 0.1) is 5.92 Å². The van der Waals surface area contributed by atoms with E-state index in [1.807, 2.05) is 0 Å². The molecule has 2 saturated heterocycles. The summed E-state index contributed by atoms with van der Waals surface area (Å²) in [5, 5.41) is 0. The molecule has 2 unspecified atom stereocenters. The van der Waals surface area contributed by atoms with E-state index in [2.05, 4.69) is 25.7 Å². The van der Waals surface area contributed by atoms with Crippen LogP contribution < -0.4 is 0 Å². The van der Waals surface area contributed by atoms with Gasteiger partial charge in [0, 0.05) is 24.5 Å². The zero-order chi connectivity index (χ0) is 8.06. The summed E-state index contributed by atoms with van der Waals surface area (Å²) in [6.45, 7) is 10.2. The predicted molar refractivity (Wildman–Crippen MR) is 44.6 cm³/mol. The van der Waals surface area contributed by atoms with E-state index in [-0.39, 0.29) is 0 Å². The Morgan fingerprint density at radius 2 is 2.00 bits per heavy atom. The lowest BCUT2D eigenvalue weighted by Crippen LogP contribution is -2.40. The van der Waals surface area contributed by atoms with E-state index in [1.165, 1.54) is 6.54 Å². The number of ether oxygens (including phenoxy) is 1. The molecule has 2 heterocycles. The van der Waals surface area contributed by atoms with Crippen molar-refractivity contribution in [1.82, 2.24) is 4.90 Å². The van der Waals surface area contributed by atoms with Crippen molar-refractivity contribution in [3.8, 4) is 0 Å². The second-order valence-electron chi connectivity index (χ2n) is 4.71. The van der Waals surface area contributed by atoms with Crippen LogP contribution in [0.4, 0.5) is 0 Å². The first-order valence-corrected chi connectivity index (χ1v) is 4.44. The minimum absolute atomic E-state index is 0.334. The summed E-state index contributed by atoms with van der Waals surface area (Å²) in [5.74, 6) is 0.842. The summed E-state index contributed by atoms with van der Waals surface area (Å²) >= 11 is 0. The number of hydrogen-bond donors (Lipinski definition) is 0. The van der Waals surface area contributed by atoms with E-state index in [4.69, 9.17) is 4.74 Å². The van der Waals surface area contributed by atoms with E-state index >= 15 is 0 Å². The van der Waals surface area contributed by atoms with Gasteiger partial charge in [0.15, 0.2) is 0 Å². The fourth-order valence-electron chi connectivity index (χ4n) is 1.86. The number of fused-ring (bicyclic) bond motifs is 1. The maximum absolute atomic E-state index is 5.44. The van der Waals surface area contributed by atoms with Gasteiger partial charge in [0.2, 0.25) is 0 Å². The lowest BCUT2D eigenvalue weighted by molar-refractivity contribution is -0.0832. The molecule has 0 amide bonds. The minimum Gasteiger partial charge on any atom is -0.376 e. The van der Waals surface area contributed by atoms with Crippen LogP contribution in [-0.2, 0) is 4.74 Å². The van der Waals surface area contributed by atoms with Crippen LogP contribution in [0.5, 0.6) is 0 Å². The molecule has 2 aliphatic heterocycles. The van der Waals surface area contributed by atoms with Gasteiger partial charge in [-0.3, -0.25) is 4.90 Å². The second kappa shape index (κ2) is 2.20. The maximum atomic E-state index is 5.44. The molecule has 2 fully saturated rings. The van der Waals surface area contributed by atoms with Crippen molar-refractivity contribution in [1.29, 1.82) is 0 Å². The molecule has 2 aliphatic rings. The van der Waals surface area contributed by atoms with Gasteiger partial charge in [0.05, 0.1) is 12.7 Å². The Balaban J connectivity index is 1.98. The van der Waals surface area contributed by atoms with E-state index in [0.29, 0.717) is 11.6 Å². The van der Waals surface area contributed by atoms with Crippen molar-refractivity contribution in [2.75, 3.05) is 19.7 Å². The molecule has 0 aromatic rings. The number of likely N-dealkylation sites (tertiary alicyclic amines) is 1. The van der Waals surface area contributed by atoms with Gasteiger partial charge < -0.3 is 4.74 Å². The standard InChI is InChI=1S/C9H17NO/c1-9(2,3)10-4-7-6-11-8(7)5-10/h7-8H,4-6H2,1-3H3. The van der Waals surface area contributed by atoms with Gasteiger partial charge in [-0.1, -0.05) is 0 Å². The van der Waals surface area contributed by atoms with Crippen molar-refractivity contribution in [3.05, 3.63) is 0 Å². The molecule has 11 heavy (non-hydrogen) atoms. The lowest BCUT2D eigenvalue weighted by atomic mass is 10.0. The second-order valence-corrected chi connectivity index (χ2v) is 4.71. The summed E-state index contributed by atoms with van der Waals surface area (Å²) < 4.78 is 5.44. The van der Waals surface area contributed by atoms with Gasteiger partial charge >= 0.3 is 0 Å². The summed E-state index contributed by atoms with van der Waals surface area (Å²) in [6, 6.07) is 0. The Bertz CT molecular complexity index is 149. The topological polar surface area (TPSA) is 12.5 Å². The molecule has 64 valence electrons. The first-order chi connectivity index (χ1) is 5.07. The Labute approximate surface area is 68.5 Å². The monoisotopic (exact) mass is 155 g/mol. The SMILES string of the molecule is CC(C)(C)N1CC2COC2C1. The fourth-order valence-corrected chi connectivity index (χ4v) is 1.86. The summed E-state index contributed by atoms with van der Waals surface area (Å²) in [4.78, 5) is 2.52. The Morgan fingerprint density at radius 3 is 2.27 bits per heavy atom. The molecule has 0 N–H and O–H groups in total. The molecule has 2 atom stereocenters. The summed E-state index contributed by atoms with van der Waals surface area (Å²) in [7, 11) is 0. The third kappa shape index (κ3) is 1.18. The fraction of sp³-hybridized carbons (Fsp3) is 1.00. The van der Waals surface area contributed by atoms with Crippen molar-refractivity contribution in [3.63, 3.8) is 0 Å². The van der Waals surface area contributed by atoms with Crippen LogP contribution in [0.2, 0.25) is 0 Å². The molecular weight excluding hydrogens is 138 g/mol. The Morgan fingerprint density at radius 1 is 1.27 bits per heavy atom. The van der Waals surface area contributed by atoms with Crippen molar-refractivity contribution >= 4 is 0 Å². The molecule has 2 nitrogen and oxygen atoms in total. The summed E-state index contributed by atoms with van der Waals surface area (Å²) in [5.41, 5.74) is 0.334. The molecule has 0 saturated carbocycles. The molecule has 0 aromatic carbocycles. The van der Waals surface area contributed by atoms with E-state index in [0.717, 1.165) is 19.1 Å². The average molecular weight is 155 g/mol. The van der Waals surface area contributed by atoms with Crippen molar-refractivity contribution in [2.24, 2.45) is 5.92 Å². The molecule has 0 bridgehead atoms. The number of hydrogen-bond acceptors (Lipinski definition) is 2. The van der Waals surface area contributed by atoms with Gasteiger partial charge in [-0.05, 0) is 20.8 Å². The largest absolute Gasteiger partial charge is 0.376 e. The Kier molecular flexibility index (Phi) is 1.52. The van der Waals surface area contributed by atoms with E-state index < -0.39 is 0 Å². The van der Waals surface area contributed by atoms with Gasteiger partial charge in [-0.25, -0.2) is 0 Å². The third-order valence-electron chi connectivity index (χ3n) is 2.85. The zero-order valence-corrected chi connectivity index (χ0v) is 7.63. The Hall–Kier alpha value is -0.0800.